The Hall–Kier alpha value is -0.570. The first kappa shape index (κ1) is 9.52. The van der Waals surface area contributed by atoms with Gasteiger partial charge in [-0.1, -0.05) is 6.42 Å². The Labute approximate surface area is 74.3 Å². The van der Waals surface area contributed by atoms with Crippen LogP contribution in [0.5, 0.6) is 0 Å². The smallest absolute Gasteiger partial charge is 0.210 e. The lowest BCUT2D eigenvalue weighted by Gasteiger charge is -2.30. The molecule has 0 radical (unpaired) electrons. The van der Waals surface area contributed by atoms with Crippen LogP contribution in [0.1, 0.15) is 26.2 Å². The number of carbonyl (C=O) groups is 1. The van der Waals surface area contributed by atoms with Crippen LogP contribution in [0.15, 0.2) is 0 Å². The normalized spacial score (nSPS) is 19.1. The molecule has 0 aliphatic carbocycles. The Kier molecular flexibility index (Phi) is 4.08. The molecule has 0 aromatic carbocycles. The number of carbonyl (C=O) groups excluding carboxylic acids is 1. The van der Waals surface area contributed by atoms with E-state index in [4.69, 9.17) is 0 Å². The van der Waals surface area contributed by atoms with Crippen LogP contribution in [-0.4, -0.2) is 42.5 Å². The molecule has 1 saturated heterocycles. The molecule has 3 heteroatoms. The van der Waals surface area contributed by atoms with Crippen molar-refractivity contribution in [2.24, 2.45) is 0 Å². The van der Waals surface area contributed by atoms with Crippen LogP contribution in [0.3, 0.4) is 0 Å². The summed E-state index contributed by atoms with van der Waals surface area (Å²) in [5.74, 6) is 0. The van der Waals surface area contributed by atoms with Gasteiger partial charge in [-0.2, -0.15) is 0 Å². The van der Waals surface area contributed by atoms with Crippen LogP contribution in [-0.2, 0) is 4.79 Å². The van der Waals surface area contributed by atoms with Crippen molar-refractivity contribution >= 4 is 6.41 Å². The largest absolute Gasteiger partial charge is 0.333 e. The van der Waals surface area contributed by atoms with Crippen molar-refractivity contribution in [3.8, 4) is 0 Å². The summed E-state index contributed by atoms with van der Waals surface area (Å²) in [6, 6.07) is 0. The lowest BCUT2D eigenvalue weighted by Crippen LogP contribution is -2.39. The van der Waals surface area contributed by atoms with E-state index in [0.717, 1.165) is 32.7 Å². The molecule has 0 atom stereocenters. The summed E-state index contributed by atoms with van der Waals surface area (Å²) in [7, 11) is 0. The van der Waals surface area contributed by atoms with Gasteiger partial charge in [0.2, 0.25) is 6.41 Å². The predicted molar refractivity (Wildman–Crippen MR) is 48.7 cm³/mol. The van der Waals surface area contributed by atoms with Gasteiger partial charge >= 0.3 is 0 Å². The predicted octanol–water partition coefficient (Wildman–Crippen LogP) is 0.908. The molecule has 0 bridgehead atoms. The fraction of sp³-hybridized carbons (Fsp3) is 0.889. The zero-order chi connectivity index (χ0) is 8.81. The second-order valence-corrected chi connectivity index (χ2v) is 3.33. The zero-order valence-electron chi connectivity index (χ0n) is 7.83. The van der Waals surface area contributed by atoms with Gasteiger partial charge in [0, 0.05) is 6.54 Å². The maximum Gasteiger partial charge on any atom is 0.210 e. The Morgan fingerprint density at radius 2 is 2.00 bits per heavy atom. The highest BCUT2D eigenvalue weighted by molar-refractivity contribution is 5.46. The Balaban J connectivity index is 2.22. The highest BCUT2D eigenvalue weighted by atomic mass is 16.1. The Bertz CT molecular complexity index is 132. The molecule has 0 saturated carbocycles. The number of hydrogen-bond donors (Lipinski definition) is 0. The maximum atomic E-state index is 10.5. The molecule has 1 rings (SSSR count). The van der Waals surface area contributed by atoms with E-state index in [-0.39, 0.29) is 0 Å². The van der Waals surface area contributed by atoms with Gasteiger partial charge in [0.05, 0.1) is 6.67 Å². The quantitative estimate of drug-likeness (QED) is 0.585. The second-order valence-electron chi connectivity index (χ2n) is 3.33. The van der Waals surface area contributed by atoms with Crippen LogP contribution in [0.4, 0.5) is 0 Å². The highest BCUT2D eigenvalue weighted by Crippen LogP contribution is 2.08. The summed E-state index contributed by atoms with van der Waals surface area (Å²) in [5, 5.41) is 0. The molecule has 1 aliphatic rings. The first-order valence-corrected chi connectivity index (χ1v) is 4.78. The van der Waals surface area contributed by atoms with E-state index < -0.39 is 0 Å². The minimum atomic E-state index is 0.819. The minimum absolute atomic E-state index is 0.819. The standard InChI is InChI=1S/C9H18N2O/c1-2-10(9-12)8-11-6-4-3-5-7-11/h9H,2-8H2,1H3. The monoisotopic (exact) mass is 170 g/mol. The molecule has 0 aromatic heterocycles. The molecule has 1 fully saturated rings. The van der Waals surface area contributed by atoms with Gasteiger partial charge in [0.1, 0.15) is 0 Å². The first-order valence-electron chi connectivity index (χ1n) is 4.78. The van der Waals surface area contributed by atoms with Gasteiger partial charge < -0.3 is 4.90 Å². The van der Waals surface area contributed by atoms with Gasteiger partial charge in [-0.25, -0.2) is 0 Å². The molecule has 3 nitrogen and oxygen atoms in total. The lowest BCUT2D eigenvalue weighted by atomic mass is 10.1. The molecule has 12 heavy (non-hydrogen) atoms. The van der Waals surface area contributed by atoms with Gasteiger partial charge in [0.25, 0.3) is 0 Å². The van der Waals surface area contributed by atoms with Crippen LogP contribution < -0.4 is 0 Å². The third kappa shape index (κ3) is 2.81. The fourth-order valence-corrected chi connectivity index (χ4v) is 1.57. The summed E-state index contributed by atoms with van der Waals surface area (Å²) >= 11 is 0. The van der Waals surface area contributed by atoms with E-state index in [9.17, 15) is 4.79 Å². The van der Waals surface area contributed by atoms with Crippen molar-refractivity contribution in [3.63, 3.8) is 0 Å². The molecular weight excluding hydrogens is 152 g/mol. The highest BCUT2D eigenvalue weighted by Gasteiger charge is 2.11. The number of likely N-dealkylation sites (tertiary alicyclic amines) is 1. The molecule has 1 aliphatic heterocycles. The van der Waals surface area contributed by atoms with Gasteiger partial charge in [0.15, 0.2) is 0 Å². The van der Waals surface area contributed by atoms with Crippen molar-refractivity contribution < 1.29 is 4.79 Å². The second kappa shape index (κ2) is 5.14. The Morgan fingerprint density at radius 3 is 2.50 bits per heavy atom. The fourth-order valence-electron chi connectivity index (χ4n) is 1.57. The molecule has 1 heterocycles. The third-order valence-corrected chi connectivity index (χ3v) is 2.39. The topological polar surface area (TPSA) is 23.6 Å². The average Bonchev–Trinajstić information content (AvgIpc) is 2.16. The molecule has 0 N–H and O–H groups in total. The number of amides is 1. The zero-order valence-corrected chi connectivity index (χ0v) is 7.83. The van der Waals surface area contributed by atoms with Crippen molar-refractivity contribution in [3.05, 3.63) is 0 Å². The van der Waals surface area contributed by atoms with Crippen molar-refractivity contribution in [1.82, 2.24) is 9.80 Å². The number of hydrogen-bond acceptors (Lipinski definition) is 2. The van der Waals surface area contributed by atoms with Gasteiger partial charge in [-0.15, -0.1) is 0 Å². The number of rotatable bonds is 4. The summed E-state index contributed by atoms with van der Waals surface area (Å²) < 4.78 is 0. The summed E-state index contributed by atoms with van der Waals surface area (Å²) in [4.78, 5) is 14.7. The van der Waals surface area contributed by atoms with E-state index in [2.05, 4.69) is 4.90 Å². The molecule has 70 valence electrons. The van der Waals surface area contributed by atoms with Gasteiger partial charge in [-0.3, -0.25) is 9.69 Å². The summed E-state index contributed by atoms with van der Waals surface area (Å²) in [5.41, 5.74) is 0. The third-order valence-electron chi connectivity index (χ3n) is 2.39. The Morgan fingerprint density at radius 1 is 1.33 bits per heavy atom. The average molecular weight is 170 g/mol. The first-order chi connectivity index (χ1) is 5.86. The van der Waals surface area contributed by atoms with E-state index in [1.54, 1.807) is 0 Å². The van der Waals surface area contributed by atoms with Crippen molar-refractivity contribution in [2.45, 2.75) is 26.2 Å². The minimum Gasteiger partial charge on any atom is -0.333 e. The van der Waals surface area contributed by atoms with E-state index in [1.165, 1.54) is 19.3 Å². The maximum absolute atomic E-state index is 10.5. The number of nitrogens with zero attached hydrogens (tertiary/aromatic N) is 2. The number of piperidine rings is 1. The molecule has 0 unspecified atom stereocenters. The van der Waals surface area contributed by atoms with Crippen molar-refractivity contribution in [2.75, 3.05) is 26.3 Å². The van der Waals surface area contributed by atoms with Gasteiger partial charge in [-0.05, 0) is 32.9 Å². The van der Waals surface area contributed by atoms with E-state index in [0.29, 0.717) is 0 Å². The molecule has 1 amide bonds. The van der Waals surface area contributed by atoms with E-state index in [1.807, 2.05) is 11.8 Å². The van der Waals surface area contributed by atoms with Crippen LogP contribution in [0, 0.1) is 0 Å². The van der Waals surface area contributed by atoms with E-state index >= 15 is 0 Å². The van der Waals surface area contributed by atoms with Crippen molar-refractivity contribution in [1.29, 1.82) is 0 Å². The van der Waals surface area contributed by atoms with Crippen LogP contribution in [0.25, 0.3) is 0 Å². The molecule has 0 aromatic rings. The lowest BCUT2D eigenvalue weighted by molar-refractivity contribution is -0.120. The van der Waals surface area contributed by atoms with Crippen LogP contribution in [0.2, 0.25) is 0 Å². The molecular formula is C9H18N2O. The summed E-state index contributed by atoms with van der Waals surface area (Å²) in [6.07, 6.45) is 4.87. The molecule has 0 spiro atoms. The van der Waals surface area contributed by atoms with Crippen LogP contribution >= 0.6 is 0 Å². The summed E-state index contributed by atoms with van der Waals surface area (Å²) in [6.45, 7) is 5.97. The SMILES string of the molecule is CCN(C=O)CN1CCCCC1.